The maximum Gasteiger partial charge on any atom is 0.358 e. The molecule has 0 radical (unpaired) electrons. The molecule has 0 aliphatic rings. The summed E-state index contributed by atoms with van der Waals surface area (Å²) in [6.07, 6.45) is 1.47. The molecule has 1 aromatic carbocycles. The number of imidazole rings is 1. The Morgan fingerprint density at radius 3 is 2.58 bits per heavy atom. The number of carbonyl (C=O) groups excluding carboxylic acids is 1. The number of aromatic nitrogens is 2. The van der Waals surface area contributed by atoms with Crippen LogP contribution in [-0.4, -0.2) is 52.8 Å². The highest BCUT2D eigenvalue weighted by molar-refractivity contribution is 5.88. The van der Waals surface area contributed by atoms with Crippen molar-refractivity contribution in [3.05, 3.63) is 47.5 Å². The monoisotopic (exact) mass is 333 g/mol. The number of esters is 1. The van der Waals surface area contributed by atoms with Crippen LogP contribution < -0.4 is 4.74 Å². The molecule has 1 heterocycles. The first kappa shape index (κ1) is 18.0. The number of carbonyl (C=O) groups is 1. The summed E-state index contributed by atoms with van der Waals surface area (Å²) in [4.78, 5) is 20.8. The Bertz CT molecular complexity index is 654. The number of hydrogen-bond donors (Lipinski definition) is 2. The van der Waals surface area contributed by atoms with E-state index in [2.05, 4.69) is 14.9 Å². The van der Waals surface area contributed by atoms with Gasteiger partial charge in [-0.2, -0.15) is 0 Å². The molecule has 0 saturated heterocycles. The second kappa shape index (κ2) is 8.47. The highest BCUT2D eigenvalue weighted by Crippen LogP contribution is 2.17. The summed E-state index contributed by atoms with van der Waals surface area (Å²) in [6, 6.07) is 7.66. The van der Waals surface area contributed by atoms with Gasteiger partial charge in [-0.25, -0.2) is 9.78 Å². The predicted octanol–water partition coefficient (Wildman–Crippen LogP) is 1.59. The maximum absolute atomic E-state index is 11.8. The third-order valence-corrected chi connectivity index (χ3v) is 3.89. The Balaban J connectivity index is 2.16. The fourth-order valence-electron chi connectivity index (χ4n) is 2.37. The second-order valence-corrected chi connectivity index (χ2v) is 5.51. The van der Waals surface area contributed by atoms with Gasteiger partial charge in [0.05, 0.1) is 32.8 Å². The predicted molar refractivity (Wildman–Crippen MR) is 88.7 cm³/mol. The second-order valence-electron chi connectivity index (χ2n) is 5.51. The Morgan fingerprint density at radius 1 is 1.29 bits per heavy atom. The van der Waals surface area contributed by atoms with Crippen molar-refractivity contribution in [3.8, 4) is 5.75 Å². The van der Waals surface area contributed by atoms with Crippen molar-refractivity contribution >= 4 is 5.97 Å². The molecule has 0 aliphatic carbocycles. The van der Waals surface area contributed by atoms with Crippen LogP contribution >= 0.6 is 0 Å². The van der Waals surface area contributed by atoms with E-state index in [1.807, 2.05) is 31.2 Å². The first-order valence-electron chi connectivity index (χ1n) is 7.67. The van der Waals surface area contributed by atoms with Gasteiger partial charge in [0.15, 0.2) is 5.69 Å². The van der Waals surface area contributed by atoms with Gasteiger partial charge in [0.1, 0.15) is 5.75 Å². The van der Waals surface area contributed by atoms with Crippen molar-refractivity contribution in [2.24, 2.45) is 0 Å². The number of nitrogens with one attached hydrogen (secondary N) is 1. The number of hydrogen-bond acceptors (Lipinski definition) is 6. The summed E-state index contributed by atoms with van der Waals surface area (Å²) >= 11 is 0. The minimum atomic E-state index is -0.479. The average Bonchev–Trinajstić information content (AvgIpc) is 3.08. The van der Waals surface area contributed by atoms with E-state index in [1.165, 1.54) is 13.4 Å². The molecule has 1 atom stereocenters. The summed E-state index contributed by atoms with van der Waals surface area (Å²) in [5.41, 5.74) is 2.01. The van der Waals surface area contributed by atoms with Gasteiger partial charge in [-0.15, -0.1) is 0 Å². The van der Waals surface area contributed by atoms with E-state index in [9.17, 15) is 9.90 Å². The molecule has 0 amide bonds. The summed E-state index contributed by atoms with van der Waals surface area (Å²) in [7, 11) is 2.95. The normalized spacial score (nSPS) is 12.2. The van der Waals surface area contributed by atoms with Crippen LogP contribution in [0, 0.1) is 0 Å². The lowest BCUT2D eigenvalue weighted by atomic mass is 10.1. The van der Waals surface area contributed by atoms with Crippen LogP contribution in [-0.2, 0) is 17.8 Å². The molecule has 0 spiro atoms. The van der Waals surface area contributed by atoms with Gasteiger partial charge in [0.2, 0.25) is 0 Å². The number of benzene rings is 1. The molecular weight excluding hydrogens is 310 g/mol. The number of H-pyrrole nitrogens is 1. The lowest BCUT2D eigenvalue weighted by Gasteiger charge is -2.27. The summed E-state index contributed by atoms with van der Waals surface area (Å²) < 4.78 is 9.91. The lowest BCUT2D eigenvalue weighted by Crippen LogP contribution is -2.35. The molecule has 2 rings (SSSR count). The molecule has 1 aromatic heterocycles. The molecule has 130 valence electrons. The van der Waals surface area contributed by atoms with Crippen LogP contribution in [0.15, 0.2) is 30.6 Å². The molecule has 7 heteroatoms. The van der Waals surface area contributed by atoms with Gasteiger partial charge in [-0.1, -0.05) is 12.1 Å². The van der Waals surface area contributed by atoms with Crippen LogP contribution in [0.3, 0.4) is 0 Å². The van der Waals surface area contributed by atoms with Crippen molar-refractivity contribution in [2.45, 2.75) is 26.1 Å². The molecule has 7 nitrogen and oxygen atoms in total. The van der Waals surface area contributed by atoms with Crippen molar-refractivity contribution < 1.29 is 19.4 Å². The summed E-state index contributed by atoms with van der Waals surface area (Å²) in [5.74, 6) is 0.314. The molecule has 2 aromatic rings. The van der Waals surface area contributed by atoms with E-state index in [0.717, 1.165) is 11.3 Å². The fraction of sp³-hybridized carbons (Fsp3) is 0.412. The Labute approximate surface area is 141 Å². The Morgan fingerprint density at radius 2 is 2.00 bits per heavy atom. The van der Waals surface area contributed by atoms with Crippen LogP contribution in [0.2, 0.25) is 0 Å². The minimum absolute atomic E-state index is 0.0118. The van der Waals surface area contributed by atoms with Crippen molar-refractivity contribution in [3.63, 3.8) is 0 Å². The number of ether oxygens (including phenoxy) is 2. The number of aliphatic hydroxyl groups excluding tert-OH is 1. The molecule has 0 fully saturated rings. The summed E-state index contributed by atoms with van der Waals surface area (Å²) in [6.45, 7) is 3.00. The SMILES string of the molecule is COC(=O)c1nc[nH]c1CN(Cc1ccc(OC)cc1)[C@@H](C)CO. The van der Waals surface area contributed by atoms with Gasteiger partial charge in [0, 0.05) is 19.1 Å². The standard InChI is InChI=1S/C17H23N3O4/c1-12(10-21)20(8-13-4-6-14(23-2)7-5-13)9-15-16(17(22)24-3)19-11-18-15/h4-7,11-12,21H,8-10H2,1-3H3,(H,18,19)/t12-/m0/s1. The Hall–Kier alpha value is -2.38. The van der Waals surface area contributed by atoms with E-state index < -0.39 is 5.97 Å². The highest BCUT2D eigenvalue weighted by atomic mass is 16.5. The van der Waals surface area contributed by atoms with Gasteiger partial charge >= 0.3 is 5.97 Å². The first-order valence-corrected chi connectivity index (χ1v) is 7.67. The van der Waals surface area contributed by atoms with Gasteiger partial charge in [-0.05, 0) is 24.6 Å². The molecule has 2 N–H and O–H groups in total. The third-order valence-electron chi connectivity index (χ3n) is 3.89. The zero-order valence-electron chi connectivity index (χ0n) is 14.2. The quantitative estimate of drug-likeness (QED) is 0.713. The zero-order chi connectivity index (χ0) is 17.5. The van der Waals surface area contributed by atoms with E-state index in [-0.39, 0.29) is 18.3 Å². The Kier molecular flexibility index (Phi) is 6.34. The molecular formula is C17H23N3O4. The number of nitrogens with zero attached hydrogens (tertiary/aromatic N) is 2. The van der Waals surface area contributed by atoms with Crippen LogP contribution in [0.4, 0.5) is 0 Å². The van der Waals surface area contributed by atoms with Crippen LogP contribution in [0.5, 0.6) is 5.75 Å². The average molecular weight is 333 g/mol. The van der Waals surface area contributed by atoms with Gasteiger partial charge in [-0.3, -0.25) is 4.90 Å². The fourth-order valence-corrected chi connectivity index (χ4v) is 2.37. The minimum Gasteiger partial charge on any atom is -0.497 e. The smallest absolute Gasteiger partial charge is 0.358 e. The largest absolute Gasteiger partial charge is 0.497 e. The van der Waals surface area contributed by atoms with Gasteiger partial charge < -0.3 is 19.6 Å². The number of rotatable bonds is 8. The number of aromatic amines is 1. The van der Waals surface area contributed by atoms with E-state index in [0.29, 0.717) is 18.8 Å². The van der Waals surface area contributed by atoms with Gasteiger partial charge in [0.25, 0.3) is 0 Å². The van der Waals surface area contributed by atoms with E-state index in [1.54, 1.807) is 7.11 Å². The molecule has 0 bridgehead atoms. The molecule has 24 heavy (non-hydrogen) atoms. The maximum atomic E-state index is 11.8. The van der Waals surface area contributed by atoms with Crippen molar-refractivity contribution in [2.75, 3.05) is 20.8 Å². The van der Waals surface area contributed by atoms with Crippen LogP contribution in [0.25, 0.3) is 0 Å². The van der Waals surface area contributed by atoms with E-state index in [4.69, 9.17) is 9.47 Å². The molecule has 0 saturated carbocycles. The number of methoxy groups -OCH3 is 2. The lowest BCUT2D eigenvalue weighted by molar-refractivity contribution is 0.0590. The molecule has 0 unspecified atom stereocenters. The topological polar surface area (TPSA) is 87.7 Å². The van der Waals surface area contributed by atoms with Crippen molar-refractivity contribution in [1.82, 2.24) is 14.9 Å². The third kappa shape index (κ3) is 4.33. The highest BCUT2D eigenvalue weighted by Gasteiger charge is 2.20. The number of aliphatic hydroxyl groups is 1. The van der Waals surface area contributed by atoms with Crippen molar-refractivity contribution in [1.29, 1.82) is 0 Å². The first-order chi connectivity index (χ1) is 11.6. The zero-order valence-corrected chi connectivity index (χ0v) is 14.2. The van der Waals surface area contributed by atoms with E-state index >= 15 is 0 Å². The summed E-state index contributed by atoms with van der Waals surface area (Å²) in [5, 5.41) is 9.54. The molecule has 0 aliphatic heterocycles. The van der Waals surface area contributed by atoms with Crippen LogP contribution in [0.1, 0.15) is 28.7 Å².